The monoisotopic (exact) mass is 335 g/mol. The molecule has 1 amide bonds. The number of nitrogens with two attached hydrogens (primary N) is 1. The Bertz CT molecular complexity index is 559. The molecular weight excluding hydrogens is 322 g/mol. The lowest BCUT2D eigenvalue weighted by atomic mass is 10.3. The second kappa shape index (κ2) is 5.68. The standard InChI is InChI=1S/C10H14BrN3O3S/c1-13-10(15)6-14(2)18(16,17)9-4-3-7(12)5-8(9)11/h3-5H,6,12H2,1-2H3,(H,13,15). The molecular formula is C10H14BrN3O3S. The van der Waals surface area contributed by atoms with Crippen LogP contribution in [0, 0.1) is 0 Å². The number of nitrogens with zero attached hydrogens (tertiary/aromatic N) is 1. The van der Waals surface area contributed by atoms with Gasteiger partial charge in [-0.2, -0.15) is 4.31 Å². The van der Waals surface area contributed by atoms with Crippen LogP contribution in [0.2, 0.25) is 0 Å². The smallest absolute Gasteiger partial charge is 0.244 e. The molecule has 0 aromatic heterocycles. The number of rotatable bonds is 4. The van der Waals surface area contributed by atoms with Crippen LogP contribution in [0.5, 0.6) is 0 Å². The van der Waals surface area contributed by atoms with Gasteiger partial charge in [0.2, 0.25) is 15.9 Å². The average molecular weight is 336 g/mol. The molecule has 0 aliphatic rings. The van der Waals surface area contributed by atoms with Crippen molar-refractivity contribution in [2.45, 2.75) is 4.90 Å². The SMILES string of the molecule is CNC(=O)CN(C)S(=O)(=O)c1ccc(N)cc1Br. The molecule has 18 heavy (non-hydrogen) atoms. The van der Waals surface area contributed by atoms with Crippen LogP contribution in [0.1, 0.15) is 0 Å². The van der Waals surface area contributed by atoms with Gasteiger partial charge >= 0.3 is 0 Å². The molecule has 1 rings (SSSR count). The molecule has 0 aliphatic heterocycles. The number of sulfonamides is 1. The fourth-order valence-electron chi connectivity index (χ4n) is 1.26. The molecule has 6 nitrogen and oxygen atoms in total. The number of benzene rings is 1. The van der Waals surface area contributed by atoms with Gasteiger partial charge < -0.3 is 11.1 Å². The van der Waals surface area contributed by atoms with Crippen molar-refractivity contribution in [2.75, 3.05) is 26.4 Å². The first-order valence-corrected chi connectivity index (χ1v) is 7.24. The van der Waals surface area contributed by atoms with E-state index in [2.05, 4.69) is 21.2 Å². The van der Waals surface area contributed by atoms with Crippen LogP contribution in [0.4, 0.5) is 5.69 Å². The molecule has 0 radical (unpaired) electrons. The molecule has 0 saturated heterocycles. The number of carbonyl (C=O) groups is 1. The van der Waals surface area contributed by atoms with E-state index >= 15 is 0 Å². The van der Waals surface area contributed by atoms with Crippen LogP contribution in [0.25, 0.3) is 0 Å². The number of nitrogens with one attached hydrogen (secondary N) is 1. The van der Waals surface area contributed by atoms with Gasteiger partial charge in [0.25, 0.3) is 0 Å². The molecule has 0 aliphatic carbocycles. The third kappa shape index (κ3) is 3.21. The summed E-state index contributed by atoms with van der Waals surface area (Å²) in [6, 6.07) is 4.39. The van der Waals surface area contributed by atoms with E-state index in [0.717, 1.165) is 4.31 Å². The first kappa shape index (κ1) is 14.9. The Kier molecular flexibility index (Phi) is 4.71. The minimum absolute atomic E-state index is 0.0723. The number of halogens is 1. The Balaban J connectivity index is 3.09. The van der Waals surface area contributed by atoms with Crippen molar-refractivity contribution in [3.63, 3.8) is 0 Å². The van der Waals surface area contributed by atoms with E-state index < -0.39 is 10.0 Å². The van der Waals surface area contributed by atoms with E-state index in [4.69, 9.17) is 5.73 Å². The fourth-order valence-corrected chi connectivity index (χ4v) is 3.44. The lowest BCUT2D eigenvalue weighted by Gasteiger charge is -2.17. The van der Waals surface area contributed by atoms with Crippen molar-refractivity contribution in [1.29, 1.82) is 0 Å². The zero-order valence-corrected chi connectivity index (χ0v) is 12.4. The number of amides is 1. The summed E-state index contributed by atoms with van der Waals surface area (Å²) in [5, 5.41) is 2.37. The molecule has 0 unspecified atom stereocenters. The predicted octanol–water partition coefficient (Wildman–Crippen LogP) is 0.398. The molecule has 0 atom stereocenters. The fraction of sp³-hybridized carbons (Fsp3) is 0.300. The van der Waals surface area contributed by atoms with Crippen LogP contribution in [-0.2, 0) is 14.8 Å². The van der Waals surface area contributed by atoms with Crippen molar-refractivity contribution >= 4 is 37.5 Å². The molecule has 0 spiro atoms. The topological polar surface area (TPSA) is 92.5 Å². The van der Waals surface area contributed by atoms with Crippen LogP contribution in [-0.4, -0.2) is 39.3 Å². The maximum absolute atomic E-state index is 12.2. The zero-order chi connectivity index (χ0) is 13.9. The highest BCUT2D eigenvalue weighted by molar-refractivity contribution is 9.10. The average Bonchev–Trinajstić information content (AvgIpc) is 2.28. The minimum Gasteiger partial charge on any atom is -0.399 e. The van der Waals surface area contributed by atoms with Gasteiger partial charge in [0, 0.05) is 24.3 Å². The van der Waals surface area contributed by atoms with Gasteiger partial charge in [-0.15, -0.1) is 0 Å². The van der Waals surface area contributed by atoms with Crippen molar-refractivity contribution in [3.8, 4) is 0 Å². The Morgan fingerprint density at radius 1 is 1.50 bits per heavy atom. The van der Waals surface area contributed by atoms with E-state index in [1.807, 2.05) is 0 Å². The zero-order valence-electron chi connectivity index (χ0n) is 9.97. The second-order valence-electron chi connectivity index (χ2n) is 3.62. The number of hydrogen-bond donors (Lipinski definition) is 2. The van der Waals surface area contributed by atoms with E-state index in [1.54, 1.807) is 0 Å². The highest BCUT2D eigenvalue weighted by Crippen LogP contribution is 2.26. The van der Waals surface area contributed by atoms with Crippen molar-refractivity contribution in [3.05, 3.63) is 22.7 Å². The third-order valence-electron chi connectivity index (χ3n) is 2.29. The van der Waals surface area contributed by atoms with Crippen molar-refractivity contribution < 1.29 is 13.2 Å². The maximum atomic E-state index is 12.2. The van der Waals surface area contributed by atoms with Crippen LogP contribution < -0.4 is 11.1 Å². The van der Waals surface area contributed by atoms with E-state index in [9.17, 15) is 13.2 Å². The van der Waals surface area contributed by atoms with Gasteiger partial charge in [-0.05, 0) is 34.1 Å². The number of nitrogen functional groups attached to an aromatic ring is 1. The number of likely N-dealkylation sites (N-methyl/N-ethyl adjacent to an activating group) is 2. The summed E-state index contributed by atoms with van der Waals surface area (Å²) in [5.74, 6) is -0.382. The first-order chi connectivity index (χ1) is 8.28. The highest BCUT2D eigenvalue weighted by Gasteiger charge is 2.24. The summed E-state index contributed by atoms with van der Waals surface area (Å²) in [5.41, 5.74) is 6.00. The summed E-state index contributed by atoms with van der Waals surface area (Å²) in [6.45, 7) is -0.240. The summed E-state index contributed by atoms with van der Waals surface area (Å²) in [6.07, 6.45) is 0. The summed E-state index contributed by atoms with van der Waals surface area (Å²) >= 11 is 3.15. The summed E-state index contributed by atoms with van der Waals surface area (Å²) < 4.78 is 25.7. The highest BCUT2D eigenvalue weighted by atomic mass is 79.9. The Labute approximate surface area is 114 Å². The molecule has 1 aromatic rings. The summed E-state index contributed by atoms with van der Waals surface area (Å²) in [4.78, 5) is 11.3. The Morgan fingerprint density at radius 2 is 2.11 bits per heavy atom. The van der Waals surface area contributed by atoms with E-state index in [1.165, 1.54) is 32.3 Å². The van der Waals surface area contributed by atoms with Crippen molar-refractivity contribution in [2.24, 2.45) is 0 Å². The molecule has 0 saturated carbocycles. The normalized spacial score (nSPS) is 11.6. The predicted molar refractivity (Wildman–Crippen MR) is 72.4 cm³/mol. The van der Waals surface area contributed by atoms with Crippen molar-refractivity contribution in [1.82, 2.24) is 9.62 Å². The van der Waals surface area contributed by atoms with Crippen LogP contribution in [0.3, 0.4) is 0 Å². The Morgan fingerprint density at radius 3 is 2.61 bits per heavy atom. The Hall–Kier alpha value is -1.12. The minimum atomic E-state index is -3.72. The third-order valence-corrected chi connectivity index (χ3v) is 5.07. The molecule has 0 fully saturated rings. The lowest BCUT2D eigenvalue weighted by molar-refractivity contribution is -0.120. The number of carbonyl (C=O) groups excluding carboxylic acids is 1. The maximum Gasteiger partial charge on any atom is 0.244 e. The summed E-state index contributed by atoms with van der Waals surface area (Å²) in [7, 11) is -0.935. The molecule has 1 aromatic carbocycles. The van der Waals surface area contributed by atoms with Crippen LogP contribution in [0.15, 0.2) is 27.6 Å². The van der Waals surface area contributed by atoms with Gasteiger partial charge in [0.1, 0.15) is 0 Å². The molecule has 0 heterocycles. The largest absolute Gasteiger partial charge is 0.399 e. The molecule has 100 valence electrons. The van der Waals surface area contributed by atoms with Crippen LogP contribution >= 0.6 is 15.9 Å². The number of anilines is 1. The van der Waals surface area contributed by atoms with E-state index in [0.29, 0.717) is 10.2 Å². The van der Waals surface area contributed by atoms with Gasteiger partial charge in [-0.1, -0.05) is 0 Å². The van der Waals surface area contributed by atoms with E-state index in [-0.39, 0.29) is 17.3 Å². The van der Waals surface area contributed by atoms with Gasteiger partial charge in [0.05, 0.1) is 11.4 Å². The second-order valence-corrected chi connectivity index (χ2v) is 6.49. The lowest BCUT2D eigenvalue weighted by Crippen LogP contribution is -2.37. The van der Waals surface area contributed by atoms with Gasteiger partial charge in [-0.25, -0.2) is 8.42 Å². The quantitative estimate of drug-likeness (QED) is 0.779. The molecule has 3 N–H and O–H groups in total. The molecule has 8 heteroatoms. The molecule has 0 bridgehead atoms. The first-order valence-electron chi connectivity index (χ1n) is 5.01. The van der Waals surface area contributed by atoms with Gasteiger partial charge in [0.15, 0.2) is 0 Å². The number of hydrogen-bond acceptors (Lipinski definition) is 4. The van der Waals surface area contributed by atoms with Gasteiger partial charge in [-0.3, -0.25) is 4.79 Å².